The predicted octanol–water partition coefficient (Wildman–Crippen LogP) is 0.622. The van der Waals surface area contributed by atoms with Crippen molar-refractivity contribution in [1.29, 1.82) is 0 Å². The molecule has 0 saturated carbocycles. The van der Waals surface area contributed by atoms with Gasteiger partial charge in [0, 0.05) is 62.7 Å². The van der Waals surface area contributed by atoms with Gasteiger partial charge in [0.15, 0.2) is 0 Å². The number of nitrogens with zero attached hydrogens (tertiary/aromatic N) is 2. The van der Waals surface area contributed by atoms with Crippen molar-refractivity contribution in [3.05, 3.63) is 18.2 Å². The van der Waals surface area contributed by atoms with Gasteiger partial charge in [-0.1, -0.05) is 0 Å². The molecule has 0 radical (unpaired) electrons. The highest BCUT2D eigenvalue weighted by molar-refractivity contribution is 5.92. The van der Waals surface area contributed by atoms with Crippen LogP contribution in [-0.2, 0) is 4.79 Å². The average molecular weight is 348 g/mol. The lowest BCUT2D eigenvalue weighted by Gasteiger charge is -2.37. The molecule has 0 bridgehead atoms. The van der Waals surface area contributed by atoms with Crippen molar-refractivity contribution >= 4 is 11.6 Å². The van der Waals surface area contributed by atoms with E-state index >= 15 is 0 Å². The molecule has 3 rings (SSSR count). The minimum Gasteiger partial charge on any atom is -0.497 e. The zero-order valence-corrected chi connectivity index (χ0v) is 15.1. The van der Waals surface area contributed by atoms with Gasteiger partial charge in [0.1, 0.15) is 11.5 Å². The molecule has 2 fully saturated rings. The average Bonchev–Trinajstić information content (AvgIpc) is 3.16. The zero-order valence-electron chi connectivity index (χ0n) is 15.1. The lowest BCUT2D eigenvalue weighted by Crippen LogP contribution is -2.52. The predicted molar refractivity (Wildman–Crippen MR) is 97.5 cm³/mol. The molecular weight excluding hydrogens is 320 g/mol. The molecule has 25 heavy (non-hydrogen) atoms. The molecule has 2 heterocycles. The fourth-order valence-electron chi connectivity index (χ4n) is 3.52. The molecule has 2 N–H and O–H groups in total. The molecule has 7 heteroatoms. The van der Waals surface area contributed by atoms with Crippen LogP contribution in [0.4, 0.5) is 5.69 Å². The van der Waals surface area contributed by atoms with Crippen LogP contribution in [0.2, 0.25) is 0 Å². The number of anilines is 1. The van der Waals surface area contributed by atoms with Gasteiger partial charge in [-0.2, -0.15) is 0 Å². The number of amides is 1. The molecule has 0 spiro atoms. The summed E-state index contributed by atoms with van der Waals surface area (Å²) in [5, 5.41) is 6.36. The first-order valence-corrected chi connectivity index (χ1v) is 8.88. The van der Waals surface area contributed by atoms with Gasteiger partial charge in [-0.3, -0.25) is 14.6 Å². The Morgan fingerprint density at radius 1 is 1.16 bits per heavy atom. The molecule has 1 atom stereocenters. The smallest absolute Gasteiger partial charge is 0.238 e. The molecule has 0 aromatic heterocycles. The summed E-state index contributed by atoms with van der Waals surface area (Å²) >= 11 is 0. The Balaban J connectivity index is 1.48. The monoisotopic (exact) mass is 348 g/mol. The normalized spacial score (nSPS) is 21.9. The molecule has 1 amide bonds. The minimum atomic E-state index is -0.00807. The van der Waals surface area contributed by atoms with E-state index in [0.29, 0.717) is 29.8 Å². The van der Waals surface area contributed by atoms with Gasteiger partial charge in [0.05, 0.1) is 20.8 Å². The summed E-state index contributed by atoms with van der Waals surface area (Å²) in [6.45, 7) is 6.57. The molecule has 2 aliphatic heterocycles. The number of benzene rings is 1. The highest BCUT2D eigenvalue weighted by Gasteiger charge is 2.26. The number of nitrogens with one attached hydrogen (secondary N) is 2. The minimum absolute atomic E-state index is 0.00807. The number of hydrogen-bond acceptors (Lipinski definition) is 6. The van der Waals surface area contributed by atoms with Crippen LogP contribution >= 0.6 is 0 Å². The Hall–Kier alpha value is -1.83. The van der Waals surface area contributed by atoms with Crippen LogP contribution in [0.25, 0.3) is 0 Å². The fourth-order valence-corrected chi connectivity index (χ4v) is 3.52. The Kier molecular flexibility index (Phi) is 6.12. The lowest BCUT2D eigenvalue weighted by atomic mass is 10.2. The van der Waals surface area contributed by atoms with Crippen LogP contribution in [0.5, 0.6) is 11.5 Å². The van der Waals surface area contributed by atoms with Gasteiger partial charge >= 0.3 is 0 Å². The molecular formula is C18H28N4O3. The van der Waals surface area contributed by atoms with Gasteiger partial charge < -0.3 is 20.1 Å². The van der Waals surface area contributed by atoms with E-state index in [1.165, 1.54) is 6.42 Å². The van der Waals surface area contributed by atoms with E-state index in [2.05, 4.69) is 20.4 Å². The number of rotatable bonds is 6. The van der Waals surface area contributed by atoms with Crippen molar-refractivity contribution in [1.82, 2.24) is 15.1 Å². The SMILES string of the molecule is COc1cc(NC(=O)CN2CCN(C3CCNC3)CC2)cc(OC)c1. The van der Waals surface area contributed by atoms with E-state index in [4.69, 9.17) is 9.47 Å². The second-order valence-electron chi connectivity index (χ2n) is 6.61. The van der Waals surface area contributed by atoms with E-state index in [9.17, 15) is 4.79 Å². The van der Waals surface area contributed by atoms with Crippen LogP contribution in [0, 0.1) is 0 Å². The highest BCUT2D eigenvalue weighted by Crippen LogP contribution is 2.25. The molecule has 2 saturated heterocycles. The fraction of sp³-hybridized carbons (Fsp3) is 0.611. The maximum Gasteiger partial charge on any atom is 0.238 e. The second kappa shape index (κ2) is 8.51. The molecule has 1 aromatic rings. The number of methoxy groups -OCH3 is 2. The van der Waals surface area contributed by atoms with E-state index in [1.54, 1.807) is 32.4 Å². The summed E-state index contributed by atoms with van der Waals surface area (Å²) in [5.74, 6) is 1.31. The summed E-state index contributed by atoms with van der Waals surface area (Å²) in [7, 11) is 3.19. The highest BCUT2D eigenvalue weighted by atomic mass is 16.5. The number of ether oxygens (including phenoxy) is 2. The third-order valence-corrected chi connectivity index (χ3v) is 4.96. The van der Waals surface area contributed by atoms with Gasteiger partial charge in [-0.05, 0) is 13.0 Å². The van der Waals surface area contributed by atoms with Crippen LogP contribution in [-0.4, -0.2) is 81.8 Å². The third-order valence-electron chi connectivity index (χ3n) is 4.96. The standard InChI is InChI=1S/C18H28N4O3/c1-24-16-9-14(10-17(11-16)25-2)20-18(23)13-21-5-7-22(8-6-21)15-3-4-19-12-15/h9-11,15,19H,3-8,12-13H2,1-2H3,(H,20,23). The Bertz CT molecular complexity index is 559. The Morgan fingerprint density at radius 3 is 2.40 bits per heavy atom. The van der Waals surface area contributed by atoms with E-state index in [0.717, 1.165) is 39.3 Å². The molecule has 2 aliphatic rings. The first-order valence-electron chi connectivity index (χ1n) is 8.88. The van der Waals surface area contributed by atoms with Crippen molar-refractivity contribution in [2.75, 3.05) is 65.3 Å². The largest absolute Gasteiger partial charge is 0.497 e. The molecule has 1 aromatic carbocycles. The topological polar surface area (TPSA) is 66.1 Å². The lowest BCUT2D eigenvalue weighted by molar-refractivity contribution is -0.117. The summed E-state index contributed by atoms with van der Waals surface area (Å²) in [6, 6.07) is 6.05. The van der Waals surface area contributed by atoms with E-state index < -0.39 is 0 Å². The Morgan fingerprint density at radius 2 is 1.84 bits per heavy atom. The number of hydrogen-bond donors (Lipinski definition) is 2. The van der Waals surface area contributed by atoms with Crippen molar-refractivity contribution in [2.45, 2.75) is 12.5 Å². The van der Waals surface area contributed by atoms with Crippen molar-refractivity contribution < 1.29 is 14.3 Å². The summed E-state index contributed by atoms with van der Waals surface area (Å²) in [6.07, 6.45) is 1.23. The molecule has 1 unspecified atom stereocenters. The van der Waals surface area contributed by atoms with Gasteiger partial charge in [-0.15, -0.1) is 0 Å². The van der Waals surface area contributed by atoms with E-state index in [-0.39, 0.29) is 5.91 Å². The summed E-state index contributed by atoms with van der Waals surface area (Å²) in [5.41, 5.74) is 0.692. The quantitative estimate of drug-likeness (QED) is 0.786. The molecule has 138 valence electrons. The first kappa shape index (κ1) is 18.0. The van der Waals surface area contributed by atoms with Crippen LogP contribution < -0.4 is 20.1 Å². The van der Waals surface area contributed by atoms with Gasteiger partial charge in [0.2, 0.25) is 5.91 Å². The van der Waals surface area contributed by atoms with Crippen molar-refractivity contribution in [2.24, 2.45) is 0 Å². The maximum absolute atomic E-state index is 12.4. The summed E-state index contributed by atoms with van der Waals surface area (Å²) < 4.78 is 10.5. The van der Waals surface area contributed by atoms with Crippen LogP contribution in [0.1, 0.15) is 6.42 Å². The first-order chi connectivity index (χ1) is 12.2. The van der Waals surface area contributed by atoms with Gasteiger partial charge in [0.25, 0.3) is 0 Å². The van der Waals surface area contributed by atoms with Gasteiger partial charge in [-0.25, -0.2) is 0 Å². The van der Waals surface area contributed by atoms with Crippen LogP contribution in [0.15, 0.2) is 18.2 Å². The molecule has 0 aliphatic carbocycles. The number of piperazine rings is 1. The van der Waals surface area contributed by atoms with Crippen molar-refractivity contribution in [3.8, 4) is 11.5 Å². The Labute approximate surface area is 149 Å². The van der Waals surface area contributed by atoms with Crippen LogP contribution in [0.3, 0.4) is 0 Å². The molecule has 7 nitrogen and oxygen atoms in total. The van der Waals surface area contributed by atoms with E-state index in [1.807, 2.05) is 0 Å². The third kappa shape index (κ3) is 4.84. The summed E-state index contributed by atoms with van der Waals surface area (Å²) in [4.78, 5) is 17.1. The van der Waals surface area contributed by atoms with Crippen molar-refractivity contribution in [3.63, 3.8) is 0 Å². The number of carbonyl (C=O) groups excluding carboxylic acids is 1. The zero-order chi connectivity index (χ0) is 17.6. The number of carbonyl (C=O) groups is 1. The maximum atomic E-state index is 12.4. The second-order valence-corrected chi connectivity index (χ2v) is 6.61.